The number of fused-ring (bicyclic) bond motifs is 1. The number of carbonyl (C=O) groups is 1. The lowest BCUT2D eigenvalue weighted by molar-refractivity contribution is -0.192. The fourth-order valence-electron chi connectivity index (χ4n) is 3.08. The highest BCUT2D eigenvalue weighted by Gasteiger charge is 2.38. The Hall–Kier alpha value is -3.51. The molecule has 0 fully saturated rings. The molecular formula is C22H23F3N6O2S. The van der Waals surface area contributed by atoms with E-state index in [0.29, 0.717) is 6.04 Å². The molecule has 0 aliphatic heterocycles. The number of carboxylic acid groups (broad SMARTS) is 1. The lowest BCUT2D eigenvalue weighted by Crippen LogP contribution is -2.34. The van der Waals surface area contributed by atoms with E-state index in [1.807, 2.05) is 26.1 Å². The Bertz CT molecular complexity index is 1230. The molecule has 0 radical (unpaired) electrons. The molecule has 2 aromatic carbocycles. The van der Waals surface area contributed by atoms with E-state index in [9.17, 15) is 13.2 Å². The first-order valence-corrected chi connectivity index (χ1v) is 11.0. The number of benzene rings is 2. The minimum atomic E-state index is -5.08. The zero-order chi connectivity index (χ0) is 24.7. The van der Waals surface area contributed by atoms with Gasteiger partial charge >= 0.3 is 12.1 Å². The Kier molecular flexibility index (Phi) is 8.18. The van der Waals surface area contributed by atoms with Crippen molar-refractivity contribution in [1.29, 1.82) is 0 Å². The summed E-state index contributed by atoms with van der Waals surface area (Å²) in [7, 11) is 1.99. The van der Waals surface area contributed by atoms with Crippen molar-refractivity contribution in [3.8, 4) is 10.6 Å². The number of likely N-dealkylation sites (N-methyl/N-ethyl adjacent to an activating group) is 1. The SMILES string of the molecule is CN[C@H](CNc1nnc(-c2ccc3[nH]nc(C)c3c2)s1)Cc1ccccc1.O=C(O)C(F)(F)F. The number of aromatic amines is 1. The van der Waals surface area contributed by atoms with E-state index in [2.05, 4.69) is 67.4 Å². The zero-order valence-corrected chi connectivity index (χ0v) is 19.2. The second kappa shape index (κ2) is 11.1. The van der Waals surface area contributed by atoms with Gasteiger partial charge in [-0.3, -0.25) is 5.10 Å². The number of hydrogen-bond acceptors (Lipinski definition) is 7. The van der Waals surface area contributed by atoms with Crippen molar-refractivity contribution in [2.45, 2.75) is 25.6 Å². The van der Waals surface area contributed by atoms with Crippen molar-refractivity contribution < 1.29 is 23.1 Å². The Labute approximate surface area is 197 Å². The standard InChI is InChI=1S/C20H22N6S.C2HF3O2/c1-13-17-11-15(8-9-18(17)24-23-13)19-25-26-20(27-19)22-12-16(21-2)10-14-6-4-3-5-7-14;3-2(4,5)1(6)7/h3-9,11,16,21H,10,12H2,1-2H3,(H,22,26)(H,23,24);(H,6,7)/t16-;/m0./s1. The average molecular weight is 493 g/mol. The number of carboxylic acids is 1. The van der Waals surface area contributed by atoms with Gasteiger partial charge in [-0.1, -0.05) is 41.7 Å². The number of anilines is 1. The Balaban J connectivity index is 0.000000406. The summed E-state index contributed by atoms with van der Waals surface area (Å²) in [5.74, 6) is -2.76. The van der Waals surface area contributed by atoms with Crippen molar-refractivity contribution in [1.82, 2.24) is 25.7 Å². The molecule has 0 aliphatic carbocycles. The van der Waals surface area contributed by atoms with Crippen LogP contribution in [0.3, 0.4) is 0 Å². The maximum Gasteiger partial charge on any atom is 0.490 e. The number of aryl methyl sites for hydroxylation is 1. The van der Waals surface area contributed by atoms with E-state index in [0.717, 1.165) is 45.3 Å². The summed E-state index contributed by atoms with van der Waals surface area (Å²) in [6.45, 7) is 2.79. The van der Waals surface area contributed by atoms with E-state index in [1.165, 1.54) is 5.56 Å². The van der Waals surface area contributed by atoms with Crippen LogP contribution in [-0.2, 0) is 11.2 Å². The molecule has 4 rings (SSSR count). The van der Waals surface area contributed by atoms with E-state index < -0.39 is 12.1 Å². The highest BCUT2D eigenvalue weighted by molar-refractivity contribution is 7.18. The van der Waals surface area contributed by atoms with Gasteiger partial charge in [-0.15, -0.1) is 10.2 Å². The molecule has 34 heavy (non-hydrogen) atoms. The van der Waals surface area contributed by atoms with Crippen LogP contribution in [0.2, 0.25) is 0 Å². The van der Waals surface area contributed by atoms with Gasteiger partial charge in [0.2, 0.25) is 5.13 Å². The molecule has 2 heterocycles. The van der Waals surface area contributed by atoms with E-state index in [-0.39, 0.29) is 0 Å². The topological polar surface area (TPSA) is 116 Å². The number of rotatable bonds is 7. The van der Waals surface area contributed by atoms with Crippen LogP contribution in [0.25, 0.3) is 21.5 Å². The maximum absolute atomic E-state index is 10.6. The summed E-state index contributed by atoms with van der Waals surface area (Å²) in [5, 5.41) is 32.7. The molecule has 0 aliphatic rings. The summed E-state index contributed by atoms with van der Waals surface area (Å²) in [4.78, 5) is 8.90. The van der Waals surface area contributed by atoms with Crippen LogP contribution in [0.4, 0.5) is 18.3 Å². The minimum Gasteiger partial charge on any atom is -0.475 e. The lowest BCUT2D eigenvalue weighted by atomic mass is 10.1. The molecule has 8 nitrogen and oxygen atoms in total. The molecule has 2 aromatic heterocycles. The number of aliphatic carboxylic acids is 1. The minimum absolute atomic E-state index is 0.324. The summed E-state index contributed by atoms with van der Waals surface area (Å²) in [6, 6.07) is 17.0. The molecule has 12 heteroatoms. The molecule has 180 valence electrons. The average Bonchev–Trinajstić information content (AvgIpc) is 3.44. The van der Waals surface area contributed by atoms with Crippen LogP contribution in [-0.4, -0.2) is 57.3 Å². The highest BCUT2D eigenvalue weighted by atomic mass is 32.1. The molecule has 0 saturated carbocycles. The van der Waals surface area contributed by atoms with Gasteiger partial charge in [-0.25, -0.2) is 4.79 Å². The highest BCUT2D eigenvalue weighted by Crippen LogP contribution is 2.29. The molecular weight excluding hydrogens is 469 g/mol. The van der Waals surface area contributed by atoms with Crippen LogP contribution in [0.15, 0.2) is 48.5 Å². The van der Waals surface area contributed by atoms with Crippen LogP contribution < -0.4 is 10.6 Å². The van der Waals surface area contributed by atoms with Crippen molar-refractivity contribution in [2.24, 2.45) is 0 Å². The fourth-order valence-corrected chi connectivity index (χ4v) is 3.82. The largest absolute Gasteiger partial charge is 0.490 e. The number of aromatic nitrogens is 4. The quantitative estimate of drug-likeness (QED) is 0.305. The second-order valence-corrected chi connectivity index (χ2v) is 8.32. The van der Waals surface area contributed by atoms with Crippen molar-refractivity contribution in [3.63, 3.8) is 0 Å². The van der Waals surface area contributed by atoms with Gasteiger partial charge in [0.1, 0.15) is 5.01 Å². The number of nitrogens with one attached hydrogen (secondary N) is 3. The van der Waals surface area contributed by atoms with Crippen LogP contribution in [0.1, 0.15) is 11.3 Å². The number of hydrogen-bond donors (Lipinski definition) is 4. The van der Waals surface area contributed by atoms with Gasteiger partial charge in [0.25, 0.3) is 0 Å². The van der Waals surface area contributed by atoms with Gasteiger partial charge in [0.05, 0.1) is 11.2 Å². The molecule has 4 aromatic rings. The van der Waals surface area contributed by atoms with Crippen molar-refractivity contribution >= 4 is 33.3 Å². The molecule has 0 unspecified atom stereocenters. The fraction of sp³-hybridized carbons (Fsp3) is 0.273. The number of alkyl halides is 3. The third-order valence-corrected chi connectivity index (χ3v) is 5.83. The molecule has 1 atom stereocenters. The smallest absolute Gasteiger partial charge is 0.475 e. The van der Waals surface area contributed by atoms with Gasteiger partial charge in [0.15, 0.2) is 0 Å². The Morgan fingerprint density at radius 1 is 1.18 bits per heavy atom. The molecule has 0 amide bonds. The summed E-state index contributed by atoms with van der Waals surface area (Å²) < 4.78 is 31.7. The van der Waals surface area contributed by atoms with Gasteiger partial charge in [-0.05, 0) is 44.2 Å². The van der Waals surface area contributed by atoms with Gasteiger partial charge in [0, 0.05) is 23.5 Å². The summed E-state index contributed by atoms with van der Waals surface area (Å²) in [6.07, 6.45) is -4.12. The number of nitrogens with zero attached hydrogens (tertiary/aromatic N) is 3. The molecule has 0 saturated heterocycles. The predicted octanol–water partition coefficient (Wildman–Crippen LogP) is 4.27. The van der Waals surface area contributed by atoms with Crippen LogP contribution in [0, 0.1) is 6.92 Å². The molecule has 4 N–H and O–H groups in total. The van der Waals surface area contributed by atoms with Gasteiger partial charge < -0.3 is 15.7 Å². The monoisotopic (exact) mass is 492 g/mol. The van der Waals surface area contributed by atoms with Gasteiger partial charge in [-0.2, -0.15) is 18.3 Å². The molecule has 0 bridgehead atoms. The van der Waals surface area contributed by atoms with E-state index in [1.54, 1.807) is 11.3 Å². The number of H-pyrrole nitrogens is 1. The van der Waals surface area contributed by atoms with Crippen molar-refractivity contribution in [3.05, 3.63) is 59.8 Å². The third-order valence-electron chi connectivity index (χ3n) is 4.90. The Morgan fingerprint density at radius 2 is 1.88 bits per heavy atom. The lowest BCUT2D eigenvalue weighted by Gasteiger charge is -2.16. The maximum atomic E-state index is 10.6. The summed E-state index contributed by atoms with van der Waals surface area (Å²) >= 11 is 1.57. The summed E-state index contributed by atoms with van der Waals surface area (Å²) in [5.41, 5.74) is 4.41. The van der Waals surface area contributed by atoms with Crippen LogP contribution >= 0.6 is 11.3 Å². The van der Waals surface area contributed by atoms with Crippen LogP contribution in [0.5, 0.6) is 0 Å². The first-order chi connectivity index (χ1) is 16.2. The second-order valence-electron chi connectivity index (χ2n) is 7.34. The predicted molar refractivity (Wildman–Crippen MR) is 125 cm³/mol. The van der Waals surface area contributed by atoms with Crippen molar-refractivity contribution in [2.75, 3.05) is 18.9 Å². The Morgan fingerprint density at radius 3 is 2.53 bits per heavy atom. The first-order valence-electron chi connectivity index (χ1n) is 10.2. The van der Waals surface area contributed by atoms with E-state index >= 15 is 0 Å². The number of halogens is 3. The normalized spacial score (nSPS) is 12.1. The van der Waals surface area contributed by atoms with E-state index in [4.69, 9.17) is 9.90 Å². The third kappa shape index (κ3) is 6.75. The molecule has 0 spiro atoms. The zero-order valence-electron chi connectivity index (χ0n) is 18.3. The first kappa shape index (κ1) is 25.1.